The van der Waals surface area contributed by atoms with Gasteiger partial charge in [-0.15, -0.1) is 0 Å². The van der Waals surface area contributed by atoms with Gasteiger partial charge in [-0.2, -0.15) is 0 Å². The van der Waals surface area contributed by atoms with Crippen molar-refractivity contribution in [2.75, 3.05) is 23.3 Å². The summed E-state index contributed by atoms with van der Waals surface area (Å²) < 4.78 is 0. The van der Waals surface area contributed by atoms with E-state index in [0.717, 1.165) is 30.0 Å². The van der Waals surface area contributed by atoms with Crippen molar-refractivity contribution >= 4 is 17.3 Å². The first-order chi connectivity index (χ1) is 11.0. The third-order valence-electron chi connectivity index (χ3n) is 3.82. The predicted octanol–water partition coefficient (Wildman–Crippen LogP) is 3.50. The Morgan fingerprint density at radius 1 is 1.04 bits per heavy atom. The second-order valence-electron chi connectivity index (χ2n) is 5.33. The number of nitrogens with one attached hydrogen (secondary N) is 1. The van der Waals surface area contributed by atoms with Crippen LogP contribution in [0, 0.1) is 6.92 Å². The van der Waals surface area contributed by atoms with Crippen LogP contribution in [0.1, 0.15) is 29.8 Å². The summed E-state index contributed by atoms with van der Waals surface area (Å²) in [6.07, 6.45) is 0. The van der Waals surface area contributed by atoms with Gasteiger partial charge >= 0.3 is 0 Å². The van der Waals surface area contributed by atoms with E-state index in [2.05, 4.69) is 24.1 Å². The molecule has 0 spiro atoms. The monoisotopic (exact) mass is 314 g/mol. The molecule has 0 aromatic heterocycles. The van der Waals surface area contributed by atoms with Crippen LogP contribution in [0.15, 0.2) is 36.4 Å². The lowest BCUT2D eigenvalue weighted by Gasteiger charge is -2.22. The van der Waals surface area contributed by atoms with Gasteiger partial charge in [0.05, 0.1) is 0 Å². The number of anilines is 2. The van der Waals surface area contributed by atoms with Crippen molar-refractivity contribution in [2.45, 2.75) is 20.8 Å². The molecular weight excluding hydrogens is 292 g/mol. The largest absolute Gasteiger partial charge is 0.504 e. The summed E-state index contributed by atoms with van der Waals surface area (Å²) in [5.74, 6) is -0.897. The van der Waals surface area contributed by atoms with E-state index in [1.54, 1.807) is 0 Å². The average molecular weight is 314 g/mol. The average Bonchev–Trinajstić information content (AvgIpc) is 2.53. The van der Waals surface area contributed by atoms with Crippen molar-refractivity contribution in [1.29, 1.82) is 0 Å². The maximum absolute atomic E-state index is 12.2. The van der Waals surface area contributed by atoms with Crippen molar-refractivity contribution in [3.05, 3.63) is 47.5 Å². The number of hydrogen-bond donors (Lipinski definition) is 3. The number of hydrogen-bond acceptors (Lipinski definition) is 4. The van der Waals surface area contributed by atoms with Crippen LogP contribution in [-0.2, 0) is 0 Å². The van der Waals surface area contributed by atoms with Gasteiger partial charge in [0.1, 0.15) is 0 Å². The van der Waals surface area contributed by atoms with E-state index in [1.165, 1.54) is 18.2 Å². The van der Waals surface area contributed by atoms with Gasteiger partial charge in [0.25, 0.3) is 5.91 Å². The molecule has 3 N–H and O–H groups in total. The molecule has 0 heterocycles. The number of nitrogens with zero attached hydrogens (tertiary/aromatic N) is 1. The van der Waals surface area contributed by atoms with Crippen LogP contribution in [-0.4, -0.2) is 29.2 Å². The molecule has 2 aromatic rings. The van der Waals surface area contributed by atoms with Gasteiger partial charge in [0.15, 0.2) is 11.5 Å². The Labute approximate surface area is 136 Å². The van der Waals surface area contributed by atoms with Gasteiger partial charge in [-0.1, -0.05) is 0 Å². The number of aryl methyl sites for hydroxylation is 1. The van der Waals surface area contributed by atoms with Crippen LogP contribution in [0.2, 0.25) is 0 Å². The zero-order chi connectivity index (χ0) is 17.0. The first-order valence-corrected chi connectivity index (χ1v) is 7.65. The van der Waals surface area contributed by atoms with E-state index < -0.39 is 0 Å². The molecule has 2 rings (SSSR count). The van der Waals surface area contributed by atoms with Crippen molar-refractivity contribution < 1.29 is 15.0 Å². The lowest BCUT2D eigenvalue weighted by atomic mass is 10.1. The van der Waals surface area contributed by atoms with E-state index in [-0.39, 0.29) is 23.0 Å². The van der Waals surface area contributed by atoms with Crippen LogP contribution >= 0.6 is 0 Å². The van der Waals surface area contributed by atoms with Crippen LogP contribution in [0.4, 0.5) is 11.4 Å². The summed E-state index contributed by atoms with van der Waals surface area (Å²) >= 11 is 0. The second kappa shape index (κ2) is 7.05. The molecule has 0 aliphatic heterocycles. The fourth-order valence-corrected chi connectivity index (χ4v) is 2.43. The molecule has 1 amide bonds. The van der Waals surface area contributed by atoms with E-state index in [0.29, 0.717) is 0 Å². The number of carbonyl (C=O) groups excluding carboxylic acids is 1. The summed E-state index contributed by atoms with van der Waals surface area (Å²) in [6, 6.07) is 9.89. The van der Waals surface area contributed by atoms with Crippen molar-refractivity contribution in [1.82, 2.24) is 0 Å². The molecule has 0 saturated heterocycles. The van der Waals surface area contributed by atoms with E-state index in [9.17, 15) is 15.0 Å². The van der Waals surface area contributed by atoms with Gasteiger partial charge in [-0.3, -0.25) is 4.79 Å². The highest BCUT2D eigenvalue weighted by molar-refractivity contribution is 6.05. The zero-order valence-electron chi connectivity index (χ0n) is 13.6. The predicted molar refractivity (Wildman–Crippen MR) is 92.5 cm³/mol. The highest BCUT2D eigenvalue weighted by Crippen LogP contribution is 2.26. The summed E-state index contributed by atoms with van der Waals surface area (Å²) in [5.41, 5.74) is 3.09. The Hall–Kier alpha value is -2.69. The smallest absolute Gasteiger partial charge is 0.255 e. The van der Waals surface area contributed by atoms with Crippen molar-refractivity contribution in [3.63, 3.8) is 0 Å². The van der Waals surface area contributed by atoms with Crippen LogP contribution < -0.4 is 10.2 Å². The summed E-state index contributed by atoms with van der Waals surface area (Å²) in [7, 11) is 0. The van der Waals surface area contributed by atoms with Gasteiger partial charge in [-0.05, 0) is 62.7 Å². The number of amides is 1. The first kappa shape index (κ1) is 16.7. The van der Waals surface area contributed by atoms with Gasteiger partial charge in [0, 0.05) is 30.0 Å². The van der Waals surface area contributed by atoms with Gasteiger partial charge in [-0.25, -0.2) is 0 Å². The van der Waals surface area contributed by atoms with Crippen molar-refractivity contribution in [3.8, 4) is 11.5 Å². The van der Waals surface area contributed by atoms with E-state index >= 15 is 0 Å². The highest BCUT2D eigenvalue weighted by Gasteiger charge is 2.11. The van der Waals surface area contributed by atoms with Crippen LogP contribution in [0.25, 0.3) is 0 Å². The Morgan fingerprint density at radius 3 is 2.30 bits per heavy atom. The number of carbonyl (C=O) groups is 1. The third kappa shape index (κ3) is 3.74. The van der Waals surface area contributed by atoms with Crippen molar-refractivity contribution in [2.24, 2.45) is 0 Å². The van der Waals surface area contributed by atoms with E-state index in [1.807, 2.05) is 25.1 Å². The third-order valence-corrected chi connectivity index (χ3v) is 3.82. The molecule has 0 bridgehead atoms. The Bertz CT molecular complexity index is 709. The lowest BCUT2D eigenvalue weighted by molar-refractivity contribution is 0.102. The Kier molecular flexibility index (Phi) is 5.11. The maximum Gasteiger partial charge on any atom is 0.255 e. The Balaban J connectivity index is 2.19. The van der Waals surface area contributed by atoms with Gasteiger partial charge in [0.2, 0.25) is 0 Å². The molecule has 0 saturated carbocycles. The zero-order valence-corrected chi connectivity index (χ0v) is 13.6. The molecule has 23 heavy (non-hydrogen) atoms. The minimum Gasteiger partial charge on any atom is -0.504 e. The fraction of sp³-hybridized carbons (Fsp3) is 0.278. The van der Waals surface area contributed by atoms with Crippen LogP contribution in [0.3, 0.4) is 0 Å². The molecule has 5 nitrogen and oxygen atoms in total. The number of phenols is 2. The highest BCUT2D eigenvalue weighted by atomic mass is 16.3. The normalized spacial score (nSPS) is 10.4. The Morgan fingerprint density at radius 2 is 1.74 bits per heavy atom. The summed E-state index contributed by atoms with van der Waals surface area (Å²) in [6.45, 7) is 8.00. The minimum atomic E-state index is -0.334. The molecule has 0 radical (unpaired) electrons. The SMILES string of the molecule is CCN(CC)c1ccc(NC(=O)c2ccc(O)c(O)c2)c(C)c1. The molecule has 0 aliphatic rings. The summed E-state index contributed by atoms with van der Waals surface area (Å²) in [4.78, 5) is 14.5. The molecule has 0 aliphatic carbocycles. The first-order valence-electron chi connectivity index (χ1n) is 7.65. The van der Waals surface area contributed by atoms with Crippen LogP contribution in [0.5, 0.6) is 11.5 Å². The lowest BCUT2D eigenvalue weighted by Crippen LogP contribution is -2.22. The molecular formula is C18H22N2O3. The molecule has 0 unspecified atom stereocenters. The quantitative estimate of drug-likeness (QED) is 0.739. The molecule has 0 fully saturated rings. The summed E-state index contributed by atoms with van der Waals surface area (Å²) in [5, 5.41) is 21.6. The maximum atomic E-state index is 12.2. The second-order valence-corrected chi connectivity index (χ2v) is 5.33. The molecule has 122 valence electrons. The van der Waals surface area contributed by atoms with E-state index in [4.69, 9.17) is 0 Å². The number of aromatic hydroxyl groups is 2. The van der Waals surface area contributed by atoms with Gasteiger partial charge < -0.3 is 20.4 Å². The topological polar surface area (TPSA) is 72.8 Å². The number of rotatable bonds is 5. The molecule has 2 aromatic carbocycles. The minimum absolute atomic E-state index is 0.249. The molecule has 5 heteroatoms. The fourth-order valence-electron chi connectivity index (χ4n) is 2.43. The number of benzene rings is 2. The standard InChI is InChI=1S/C18H22N2O3/c1-4-20(5-2)14-7-8-15(12(3)10-14)19-18(23)13-6-9-16(21)17(22)11-13/h6-11,21-22H,4-5H2,1-3H3,(H,19,23). The number of phenolic OH excluding ortho intramolecular Hbond substituents is 2. The molecule has 0 atom stereocenters.